The number of hydrogen-bond donors (Lipinski definition) is 1. The molecule has 2 heterocycles. The maximum Gasteiger partial charge on any atom is 0.152 e. The van der Waals surface area contributed by atoms with E-state index in [4.69, 9.17) is 5.73 Å². The second kappa shape index (κ2) is 4.86. The van der Waals surface area contributed by atoms with Crippen LogP contribution in [0.2, 0.25) is 0 Å². The summed E-state index contributed by atoms with van der Waals surface area (Å²) < 4.78 is 23.7. The Morgan fingerprint density at radius 2 is 2.24 bits per heavy atom. The third kappa shape index (κ3) is 2.66. The molecule has 100 valence electrons. The number of sulfone groups is 1. The Bertz CT molecular complexity index is 369. The van der Waals surface area contributed by atoms with E-state index >= 15 is 0 Å². The van der Waals surface area contributed by atoms with Gasteiger partial charge in [-0.2, -0.15) is 0 Å². The fourth-order valence-electron chi connectivity index (χ4n) is 3.31. The van der Waals surface area contributed by atoms with Crippen LogP contribution >= 0.6 is 0 Å². The molecule has 5 heteroatoms. The van der Waals surface area contributed by atoms with Crippen LogP contribution in [0.5, 0.6) is 0 Å². The summed E-state index contributed by atoms with van der Waals surface area (Å²) in [6.07, 6.45) is 4.09. The van der Waals surface area contributed by atoms with Crippen molar-refractivity contribution in [2.24, 2.45) is 11.7 Å². The van der Waals surface area contributed by atoms with Crippen LogP contribution in [0.3, 0.4) is 0 Å². The van der Waals surface area contributed by atoms with Gasteiger partial charge in [0.2, 0.25) is 0 Å². The van der Waals surface area contributed by atoms with E-state index in [1.54, 1.807) is 0 Å². The molecule has 0 amide bonds. The Hall–Kier alpha value is -0.130. The molecule has 2 fully saturated rings. The second-order valence-corrected chi connectivity index (χ2v) is 7.82. The summed E-state index contributed by atoms with van der Waals surface area (Å²) in [6, 6.07) is 0. The highest BCUT2D eigenvalue weighted by atomic mass is 32.2. The maximum absolute atomic E-state index is 11.9. The van der Waals surface area contributed by atoms with Gasteiger partial charge in [0.15, 0.2) is 9.84 Å². The van der Waals surface area contributed by atoms with Gasteiger partial charge in [-0.3, -0.25) is 4.90 Å². The molecule has 2 saturated heterocycles. The minimum absolute atomic E-state index is 0.263. The summed E-state index contributed by atoms with van der Waals surface area (Å²) in [6.45, 7) is 4.73. The van der Waals surface area contributed by atoms with E-state index in [1.165, 1.54) is 12.8 Å². The number of rotatable bonds is 3. The van der Waals surface area contributed by atoms with Crippen molar-refractivity contribution in [1.29, 1.82) is 0 Å². The molecule has 2 aliphatic heterocycles. The smallest absolute Gasteiger partial charge is 0.152 e. The molecule has 2 rings (SSSR count). The number of hydrogen-bond acceptors (Lipinski definition) is 4. The normalized spacial score (nSPS) is 38.4. The molecule has 0 aliphatic carbocycles. The molecule has 0 saturated carbocycles. The van der Waals surface area contributed by atoms with Crippen molar-refractivity contribution in [3.63, 3.8) is 0 Å². The predicted molar refractivity (Wildman–Crippen MR) is 69.6 cm³/mol. The van der Waals surface area contributed by atoms with Crippen LogP contribution in [-0.4, -0.2) is 50.0 Å². The van der Waals surface area contributed by atoms with Gasteiger partial charge in [-0.25, -0.2) is 8.42 Å². The van der Waals surface area contributed by atoms with Crippen molar-refractivity contribution in [3.8, 4) is 0 Å². The predicted octanol–water partition coefficient (Wildman–Crippen LogP) is 0.624. The van der Waals surface area contributed by atoms with Crippen molar-refractivity contribution < 1.29 is 8.42 Å². The van der Waals surface area contributed by atoms with Gasteiger partial charge in [0.05, 0.1) is 11.5 Å². The first-order valence-corrected chi connectivity index (χ1v) is 8.49. The van der Waals surface area contributed by atoms with Crippen LogP contribution < -0.4 is 5.73 Å². The van der Waals surface area contributed by atoms with Gasteiger partial charge in [-0.1, -0.05) is 13.3 Å². The summed E-state index contributed by atoms with van der Waals surface area (Å²) in [4.78, 5) is 2.36. The lowest BCUT2D eigenvalue weighted by molar-refractivity contribution is 0.125. The number of nitrogens with two attached hydrogens (primary N) is 1. The highest BCUT2D eigenvalue weighted by Gasteiger charge is 2.44. The van der Waals surface area contributed by atoms with E-state index < -0.39 is 9.84 Å². The molecule has 0 radical (unpaired) electrons. The van der Waals surface area contributed by atoms with Gasteiger partial charge in [0.25, 0.3) is 0 Å². The quantitative estimate of drug-likeness (QED) is 0.808. The molecule has 2 aliphatic rings. The standard InChI is InChI=1S/C12H24N2O2S/c1-2-11-4-6-14(8-11)12(9-13)5-3-7-17(15,16)10-12/h11H,2-10,13H2,1H3. The van der Waals surface area contributed by atoms with Crippen LogP contribution in [0.25, 0.3) is 0 Å². The van der Waals surface area contributed by atoms with Crippen molar-refractivity contribution in [3.05, 3.63) is 0 Å². The molecule has 0 aromatic carbocycles. The fraction of sp³-hybridized carbons (Fsp3) is 1.00. The van der Waals surface area contributed by atoms with Crippen LogP contribution in [0.4, 0.5) is 0 Å². The van der Waals surface area contributed by atoms with E-state index in [1.807, 2.05) is 0 Å². The zero-order chi connectivity index (χ0) is 12.5. The Labute approximate surface area is 104 Å². The molecule has 2 unspecified atom stereocenters. The Morgan fingerprint density at radius 3 is 2.76 bits per heavy atom. The molecule has 0 spiro atoms. The Morgan fingerprint density at radius 1 is 1.47 bits per heavy atom. The SMILES string of the molecule is CCC1CCN(C2(CN)CCCS(=O)(=O)C2)C1. The second-order valence-electron chi connectivity index (χ2n) is 5.63. The highest BCUT2D eigenvalue weighted by molar-refractivity contribution is 7.91. The molecule has 2 N–H and O–H groups in total. The van der Waals surface area contributed by atoms with Crippen LogP contribution in [0.15, 0.2) is 0 Å². The lowest BCUT2D eigenvalue weighted by Crippen LogP contribution is -2.59. The van der Waals surface area contributed by atoms with Gasteiger partial charge in [-0.05, 0) is 31.7 Å². The zero-order valence-corrected chi connectivity index (χ0v) is 11.5. The maximum atomic E-state index is 11.9. The first-order valence-electron chi connectivity index (χ1n) is 6.67. The van der Waals surface area contributed by atoms with Crippen molar-refractivity contribution in [2.45, 2.75) is 38.1 Å². The molecule has 0 bridgehead atoms. The molecular weight excluding hydrogens is 236 g/mol. The minimum Gasteiger partial charge on any atom is -0.329 e. The van der Waals surface area contributed by atoms with E-state index in [2.05, 4.69) is 11.8 Å². The molecule has 4 nitrogen and oxygen atoms in total. The van der Waals surface area contributed by atoms with E-state index in [9.17, 15) is 8.42 Å². The Kier molecular flexibility index (Phi) is 3.80. The molecule has 0 aromatic rings. The largest absolute Gasteiger partial charge is 0.329 e. The summed E-state index contributed by atoms with van der Waals surface area (Å²) in [5.74, 6) is 1.34. The van der Waals surface area contributed by atoms with Gasteiger partial charge < -0.3 is 5.73 Å². The van der Waals surface area contributed by atoms with Crippen LogP contribution in [-0.2, 0) is 9.84 Å². The fourth-order valence-corrected chi connectivity index (χ4v) is 5.30. The van der Waals surface area contributed by atoms with Gasteiger partial charge in [0, 0.05) is 18.6 Å². The van der Waals surface area contributed by atoms with Crippen LogP contribution in [0.1, 0.15) is 32.6 Å². The highest BCUT2D eigenvalue weighted by Crippen LogP contribution is 2.33. The monoisotopic (exact) mass is 260 g/mol. The lowest BCUT2D eigenvalue weighted by Gasteiger charge is -2.43. The zero-order valence-electron chi connectivity index (χ0n) is 10.7. The summed E-state index contributed by atoms with van der Waals surface area (Å²) >= 11 is 0. The van der Waals surface area contributed by atoms with E-state index in [0.717, 1.165) is 31.8 Å². The van der Waals surface area contributed by atoms with E-state index in [0.29, 0.717) is 12.3 Å². The third-order valence-electron chi connectivity index (χ3n) is 4.50. The Balaban J connectivity index is 2.14. The summed E-state index contributed by atoms with van der Waals surface area (Å²) in [5.41, 5.74) is 5.66. The van der Waals surface area contributed by atoms with Gasteiger partial charge in [-0.15, -0.1) is 0 Å². The topological polar surface area (TPSA) is 63.4 Å². The first-order chi connectivity index (χ1) is 8.01. The summed E-state index contributed by atoms with van der Waals surface area (Å²) in [7, 11) is -2.89. The van der Waals surface area contributed by atoms with E-state index in [-0.39, 0.29) is 11.3 Å². The minimum atomic E-state index is -2.89. The van der Waals surface area contributed by atoms with Gasteiger partial charge in [0.1, 0.15) is 0 Å². The van der Waals surface area contributed by atoms with Crippen molar-refractivity contribution in [2.75, 3.05) is 31.1 Å². The molecule has 2 atom stereocenters. The average Bonchev–Trinajstić information content (AvgIpc) is 2.76. The average molecular weight is 260 g/mol. The third-order valence-corrected chi connectivity index (χ3v) is 6.39. The molecular formula is C12H24N2O2S. The number of likely N-dealkylation sites (tertiary alicyclic amines) is 1. The molecule has 17 heavy (non-hydrogen) atoms. The lowest BCUT2D eigenvalue weighted by atomic mass is 9.93. The molecule has 0 aromatic heterocycles. The van der Waals surface area contributed by atoms with Crippen molar-refractivity contribution in [1.82, 2.24) is 4.90 Å². The first kappa shape index (κ1) is 13.3. The van der Waals surface area contributed by atoms with Crippen molar-refractivity contribution >= 4 is 9.84 Å². The summed E-state index contributed by atoms with van der Waals surface area (Å²) in [5, 5.41) is 0. The van der Waals surface area contributed by atoms with Gasteiger partial charge >= 0.3 is 0 Å². The van der Waals surface area contributed by atoms with Crippen LogP contribution in [0, 0.1) is 5.92 Å². The number of nitrogens with zero attached hydrogens (tertiary/aromatic N) is 1.